The molecule has 1 N–H and O–H groups in total. The standard InChI is InChI=1S/C14H17ClFNO2/c1-14(13(18)19)6-3-7-17(9-14)8-10-4-2-5-11(15)12(10)16/h2,4-5H,3,6-9H2,1H3,(H,18,19). The van der Waals surface area contributed by atoms with Crippen molar-refractivity contribution in [1.82, 2.24) is 4.90 Å². The van der Waals surface area contributed by atoms with E-state index in [1.807, 2.05) is 4.90 Å². The summed E-state index contributed by atoms with van der Waals surface area (Å²) in [5.74, 6) is -1.20. The van der Waals surface area contributed by atoms with Crippen molar-refractivity contribution in [3.05, 3.63) is 34.6 Å². The highest BCUT2D eigenvalue weighted by molar-refractivity contribution is 6.30. The lowest BCUT2D eigenvalue weighted by Crippen LogP contribution is -2.45. The minimum Gasteiger partial charge on any atom is -0.481 e. The maximum absolute atomic E-state index is 13.8. The van der Waals surface area contributed by atoms with Gasteiger partial charge >= 0.3 is 5.97 Å². The molecule has 19 heavy (non-hydrogen) atoms. The van der Waals surface area contributed by atoms with E-state index in [9.17, 15) is 14.3 Å². The van der Waals surface area contributed by atoms with Gasteiger partial charge < -0.3 is 5.11 Å². The largest absolute Gasteiger partial charge is 0.481 e. The smallest absolute Gasteiger partial charge is 0.310 e. The monoisotopic (exact) mass is 285 g/mol. The van der Waals surface area contributed by atoms with Gasteiger partial charge in [0, 0.05) is 18.7 Å². The molecule has 3 nitrogen and oxygen atoms in total. The molecule has 1 unspecified atom stereocenters. The van der Waals surface area contributed by atoms with Gasteiger partial charge in [-0.15, -0.1) is 0 Å². The number of hydrogen-bond donors (Lipinski definition) is 1. The molecule has 0 radical (unpaired) electrons. The van der Waals surface area contributed by atoms with Crippen LogP contribution in [0.2, 0.25) is 5.02 Å². The van der Waals surface area contributed by atoms with Crippen LogP contribution in [0.1, 0.15) is 25.3 Å². The highest BCUT2D eigenvalue weighted by atomic mass is 35.5. The summed E-state index contributed by atoms with van der Waals surface area (Å²) >= 11 is 5.75. The zero-order valence-corrected chi connectivity index (χ0v) is 11.6. The van der Waals surface area contributed by atoms with Gasteiger partial charge in [-0.05, 0) is 32.4 Å². The van der Waals surface area contributed by atoms with Gasteiger partial charge in [0.1, 0.15) is 5.82 Å². The SMILES string of the molecule is CC1(C(=O)O)CCCN(Cc2cccc(Cl)c2F)C1. The number of aliphatic carboxylic acids is 1. The normalized spacial score (nSPS) is 24.4. The second kappa shape index (κ2) is 5.47. The Balaban J connectivity index is 2.11. The van der Waals surface area contributed by atoms with Crippen LogP contribution in [0.15, 0.2) is 18.2 Å². The van der Waals surface area contributed by atoms with Gasteiger partial charge in [-0.25, -0.2) is 4.39 Å². The summed E-state index contributed by atoms with van der Waals surface area (Å²) in [6.45, 7) is 3.37. The molecule has 0 amide bonds. The first-order chi connectivity index (χ1) is 8.92. The molecule has 1 aromatic rings. The predicted molar refractivity (Wildman–Crippen MR) is 71.7 cm³/mol. The van der Waals surface area contributed by atoms with Crippen molar-refractivity contribution in [2.45, 2.75) is 26.3 Å². The van der Waals surface area contributed by atoms with Crippen LogP contribution < -0.4 is 0 Å². The van der Waals surface area contributed by atoms with Crippen molar-refractivity contribution in [3.63, 3.8) is 0 Å². The van der Waals surface area contributed by atoms with E-state index in [0.29, 0.717) is 25.1 Å². The second-order valence-corrected chi connectivity index (χ2v) is 5.80. The maximum atomic E-state index is 13.8. The van der Waals surface area contributed by atoms with E-state index in [0.717, 1.165) is 13.0 Å². The minimum absolute atomic E-state index is 0.107. The highest BCUT2D eigenvalue weighted by Crippen LogP contribution is 2.31. The van der Waals surface area contributed by atoms with Crippen molar-refractivity contribution < 1.29 is 14.3 Å². The summed E-state index contributed by atoms with van der Waals surface area (Å²) < 4.78 is 13.8. The number of carbonyl (C=O) groups is 1. The molecule has 5 heteroatoms. The Hall–Kier alpha value is -1.13. The highest BCUT2D eigenvalue weighted by Gasteiger charge is 2.37. The summed E-state index contributed by atoms with van der Waals surface area (Å²) in [6, 6.07) is 4.91. The van der Waals surface area contributed by atoms with Crippen LogP contribution in [0.4, 0.5) is 4.39 Å². The number of carboxylic acids is 1. The van der Waals surface area contributed by atoms with E-state index in [2.05, 4.69) is 0 Å². The molecule has 0 aliphatic carbocycles. The number of piperidine rings is 1. The third kappa shape index (κ3) is 3.07. The fourth-order valence-corrected chi connectivity index (χ4v) is 2.76. The van der Waals surface area contributed by atoms with E-state index in [-0.39, 0.29) is 5.02 Å². The molecule has 0 saturated carbocycles. The van der Waals surface area contributed by atoms with Gasteiger partial charge in [0.2, 0.25) is 0 Å². The maximum Gasteiger partial charge on any atom is 0.310 e. The van der Waals surface area contributed by atoms with Crippen molar-refractivity contribution >= 4 is 17.6 Å². The zero-order chi connectivity index (χ0) is 14.0. The Labute approximate surface area is 117 Å². The Morgan fingerprint density at radius 3 is 3.00 bits per heavy atom. The first-order valence-electron chi connectivity index (χ1n) is 6.31. The summed E-state index contributed by atoms with van der Waals surface area (Å²) in [4.78, 5) is 13.3. The lowest BCUT2D eigenvalue weighted by Gasteiger charge is -2.37. The van der Waals surface area contributed by atoms with Crippen molar-refractivity contribution in [2.24, 2.45) is 5.41 Å². The topological polar surface area (TPSA) is 40.5 Å². The lowest BCUT2D eigenvalue weighted by molar-refractivity contribution is -0.151. The quantitative estimate of drug-likeness (QED) is 0.927. The fourth-order valence-electron chi connectivity index (χ4n) is 2.57. The molecule has 1 aromatic carbocycles. The van der Waals surface area contributed by atoms with Crippen LogP contribution in [0.5, 0.6) is 0 Å². The lowest BCUT2D eigenvalue weighted by atomic mass is 9.82. The molecule has 1 heterocycles. The molecule has 104 valence electrons. The molecule has 1 atom stereocenters. The van der Waals surface area contributed by atoms with Gasteiger partial charge in [0.05, 0.1) is 10.4 Å². The summed E-state index contributed by atoms with van der Waals surface area (Å²) in [5.41, 5.74) is -0.227. The summed E-state index contributed by atoms with van der Waals surface area (Å²) in [7, 11) is 0. The van der Waals surface area contributed by atoms with E-state index in [1.54, 1.807) is 19.1 Å². The fraction of sp³-hybridized carbons (Fsp3) is 0.500. The second-order valence-electron chi connectivity index (χ2n) is 5.39. The number of rotatable bonds is 3. The molecular formula is C14H17ClFNO2. The molecular weight excluding hydrogens is 269 g/mol. The van der Waals surface area contributed by atoms with Gasteiger partial charge in [-0.3, -0.25) is 9.69 Å². The summed E-state index contributed by atoms with van der Waals surface area (Å²) in [5, 5.41) is 9.37. The van der Waals surface area contributed by atoms with E-state index < -0.39 is 17.2 Å². The molecule has 0 bridgehead atoms. The minimum atomic E-state index is -0.788. The van der Waals surface area contributed by atoms with Crippen LogP contribution >= 0.6 is 11.6 Å². The van der Waals surface area contributed by atoms with E-state index in [4.69, 9.17) is 11.6 Å². The average Bonchev–Trinajstić information content (AvgIpc) is 2.35. The Morgan fingerprint density at radius 2 is 2.32 bits per heavy atom. The van der Waals surface area contributed by atoms with Crippen LogP contribution in [0, 0.1) is 11.2 Å². The first-order valence-corrected chi connectivity index (χ1v) is 6.69. The van der Waals surface area contributed by atoms with Crippen LogP contribution in [0.3, 0.4) is 0 Å². The third-order valence-corrected chi connectivity index (χ3v) is 4.01. The summed E-state index contributed by atoms with van der Waals surface area (Å²) in [6.07, 6.45) is 1.47. The Morgan fingerprint density at radius 1 is 1.58 bits per heavy atom. The van der Waals surface area contributed by atoms with Crippen molar-refractivity contribution in [2.75, 3.05) is 13.1 Å². The van der Waals surface area contributed by atoms with E-state index >= 15 is 0 Å². The number of nitrogens with zero attached hydrogens (tertiary/aromatic N) is 1. The number of likely N-dealkylation sites (tertiary alicyclic amines) is 1. The zero-order valence-electron chi connectivity index (χ0n) is 10.8. The predicted octanol–water partition coefficient (Wildman–Crippen LogP) is 3.17. The van der Waals surface area contributed by atoms with Gasteiger partial charge in [-0.2, -0.15) is 0 Å². The van der Waals surface area contributed by atoms with Crippen molar-refractivity contribution in [1.29, 1.82) is 0 Å². The molecule has 1 saturated heterocycles. The van der Waals surface area contributed by atoms with Crippen molar-refractivity contribution in [3.8, 4) is 0 Å². The Bertz CT molecular complexity index is 494. The number of carboxylic acid groups (broad SMARTS) is 1. The van der Waals surface area contributed by atoms with Crippen LogP contribution in [-0.2, 0) is 11.3 Å². The third-order valence-electron chi connectivity index (χ3n) is 3.72. The Kier molecular flexibility index (Phi) is 4.11. The molecule has 1 aliphatic rings. The molecule has 2 rings (SSSR count). The first kappa shape index (κ1) is 14.3. The van der Waals surface area contributed by atoms with E-state index in [1.165, 1.54) is 6.07 Å². The number of halogens is 2. The van der Waals surface area contributed by atoms with Gasteiger partial charge in [0.25, 0.3) is 0 Å². The number of hydrogen-bond acceptors (Lipinski definition) is 2. The van der Waals surface area contributed by atoms with Crippen LogP contribution in [-0.4, -0.2) is 29.1 Å². The number of benzene rings is 1. The molecule has 1 aliphatic heterocycles. The van der Waals surface area contributed by atoms with Gasteiger partial charge in [-0.1, -0.05) is 23.7 Å². The average molecular weight is 286 g/mol. The van der Waals surface area contributed by atoms with Crippen LogP contribution in [0.25, 0.3) is 0 Å². The van der Waals surface area contributed by atoms with Gasteiger partial charge in [0.15, 0.2) is 0 Å². The molecule has 1 fully saturated rings. The molecule has 0 aromatic heterocycles. The molecule has 0 spiro atoms.